The first-order valence-electron chi connectivity index (χ1n) is 9.50. The summed E-state index contributed by atoms with van der Waals surface area (Å²) in [5.41, 5.74) is 3.18. The monoisotopic (exact) mass is 410 g/mol. The number of nitrogens with zero attached hydrogens (tertiary/aromatic N) is 3. The molecule has 7 heteroatoms. The zero-order chi connectivity index (χ0) is 20.8. The van der Waals surface area contributed by atoms with Crippen molar-refractivity contribution in [2.75, 3.05) is 18.2 Å². The van der Waals surface area contributed by atoms with Crippen LogP contribution in [0.3, 0.4) is 0 Å². The van der Waals surface area contributed by atoms with E-state index < -0.39 is 0 Å². The van der Waals surface area contributed by atoms with Gasteiger partial charge in [0.2, 0.25) is 5.91 Å². The summed E-state index contributed by atoms with van der Waals surface area (Å²) < 4.78 is 7.12. The topological polar surface area (TPSA) is 69.0 Å². The average Bonchev–Trinajstić information content (AvgIpc) is 3.07. The normalized spacial score (nSPS) is 10.9. The number of hydrogen-bond acceptors (Lipinski definition) is 5. The van der Waals surface area contributed by atoms with E-state index in [1.807, 2.05) is 60.1 Å². The third kappa shape index (κ3) is 5.60. The van der Waals surface area contributed by atoms with E-state index in [0.717, 1.165) is 28.0 Å². The van der Waals surface area contributed by atoms with Gasteiger partial charge in [-0.3, -0.25) is 4.79 Å². The quantitative estimate of drug-likeness (QED) is 0.562. The van der Waals surface area contributed by atoms with Crippen molar-refractivity contribution < 1.29 is 9.53 Å². The number of amides is 1. The SMILES string of the molecule is COc1ccc(Cc2nnc(SCC(=O)Nc3ccc(C(C)C)cc3)n2C)cc1. The number of carbonyl (C=O) groups is 1. The zero-order valence-corrected chi connectivity index (χ0v) is 18.0. The summed E-state index contributed by atoms with van der Waals surface area (Å²) in [7, 11) is 3.57. The molecule has 0 saturated carbocycles. The summed E-state index contributed by atoms with van der Waals surface area (Å²) in [5.74, 6) is 2.36. The second-order valence-corrected chi connectivity index (χ2v) is 8.04. The van der Waals surface area contributed by atoms with Gasteiger partial charge in [0, 0.05) is 19.2 Å². The zero-order valence-electron chi connectivity index (χ0n) is 17.2. The van der Waals surface area contributed by atoms with E-state index in [1.54, 1.807) is 7.11 Å². The van der Waals surface area contributed by atoms with E-state index in [4.69, 9.17) is 4.74 Å². The number of methoxy groups -OCH3 is 1. The van der Waals surface area contributed by atoms with E-state index in [1.165, 1.54) is 17.3 Å². The Morgan fingerprint density at radius 1 is 1.10 bits per heavy atom. The average molecular weight is 411 g/mol. The van der Waals surface area contributed by atoms with Crippen molar-refractivity contribution in [3.8, 4) is 5.75 Å². The van der Waals surface area contributed by atoms with Crippen molar-refractivity contribution in [3.05, 3.63) is 65.5 Å². The highest BCUT2D eigenvalue weighted by molar-refractivity contribution is 7.99. The first kappa shape index (κ1) is 20.9. The molecule has 1 heterocycles. The molecular weight excluding hydrogens is 384 g/mol. The van der Waals surface area contributed by atoms with E-state index in [9.17, 15) is 4.79 Å². The summed E-state index contributed by atoms with van der Waals surface area (Å²) in [6, 6.07) is 15.8. The van der Waals surface area contributed by atoms with Crippen molar-refractivity contribution in [1.82, 2.24) is 14.8 Å². The smallest absolute Gasteiger partial charge is 0.234 e. The highest BCUT2D eigenvalue weighted by atomic mass is 32.2. The molecule has 0 bridgehead atoms. The Balaban J connectivity index is 1.54. The summed E-state index contributed by atoms with van der Waals surface area (Å²) in [5, 5.41) is 12.1. The number of ether oxygens (including phenoxy) is 1. The number of thioether (sulfide) groups is 1. The van der Waals surface area contributed by atoms with Crippen LogP contribution in [0.5, 0.6) is 5.75 Å². The fourth-order valence-corrected chi connectivity index (χ4v) is 3.56. The van der Waals surface area contributed by atoms with Crippen LogP contribution in [0.4, 0.5) is 5.69 Å². The van der Waals surface area contributed by atoms with Crippen LogP contribution in [-0.2, 0) is 18.3 Å². The van der Waals surface area contributed by atoms with Gasteiger partial charge in [-0.2, -0.15) is 0 Å². The van der Waals surface area contributed by atoms with Crippen molar-refractivity contribution in [2.45, 2.75) is 31.3 Å². The minimum atomic E-state index is -0.0630. The van der Waals surface area contributed by atoms with Crippen molar-refractivity contribution in [2.24, 2.45) is 7.05 Å². The summed E-state index contributed by atoms with van der Waals surface area (Å²) >= 11 is 1.38. The maximum atomic E-state index is 12.3. The number of nitrogens with one attached hydrogen (secondary N) is 1. The van der Waals surface area contributed by atoms with Crippen molar-refractivity contribution >= 4 is 23.4 Å². The maximum absolute atomic E-state index is 12.3. The standard InChI is InChI=1S/C22H26N4O2S/c1-15(2)17-7-9-18(10-8-17)23-21(27)14-29-22-25-24-20(26(22)3)13-16-5-11-19(28-4)12-6-16/h5-12,15H,13-14H2,1-4H3,(H,23,27). The number of aromatic nitrogens is 3. The lowest BCUT2D eigenvalue weighted by molar-refractivity contribution is -0.113. The van der Waals surface area contributed by atoms with Crippen LogP contribution in [0, 0.1) is 0 Å². The maximum Gasteiger partial charge on any atom is 0.234 e. The second kappa shape index (κ2) is 9.60. The molecule has 0 radical (unpaired) electrons. The first-order valence-corrected chi connectivity index (χ1v) is 10.5. The molecule has 1 N–H and O–H groups in total. The molecule has 0 spiro atoms. The summed E-state index contributed by atoms with van der Waals surface area (Å²) in [4.78, 5) is 12.3. The minimum absolute atomic E-state index is 0.0630. The molecule has 2 aromatic carbocycles. The van der Waals surface area contributed by atoms with E-state index in [0.29, 0.717) is 12.3 Å². The Labute approximate surface area is 175 Å². The molecule has 0 aliphatic carbocycles. The lowest BCUT2D eigenvalue weighted by atomic mass is 10.0. The van der Waals surface area contributed by atoms with Gasteiger partial charge in [0.15, 0.2) is 5.16 Å². The molecule has 152 valence electrons. The van der Waals surface area contributed by atoms with Crippen LogP contribution in [0.15, 0.2) is 53.7 Å². The third-order valence-electron chi connectivity index (χ3n) is 4.64. The molecule has 0 saturated heterocycles. The fraction of sp³-hybridized carbons (Fsp3) is 0.318. The van der Waals surface area contributed by atoms with Gasteiger partial charge >= 0.3 is 0 Å². The molecule has 3 aromatic rings. The van der Waals surface area contributed by atoms with Gasteiger partial charge in [0.05, 0.1) is 12.9 Å². The number of rotatable bonds is 8. The number of carbonyl (C=O) groups excluding carboxylic acids is 1. The van der Waals surface area contributed by atoms with E-state index in [-0.39, 0.29) is 11.7 Å². The van der Waals surface area contributed by atoms with Gasteiger partial charge in [-0.15, -0.1) is 10.2 Å². The molecule has 1 aromatic heterocycles. The molecular formula is C22H26N4O2S. The van der Waals surface area contributed by atoms with Gasteiger partial charge in [-0.05, 0) is 41.3 Å². The molecule has 1 amide bonds. The fourth-order valence-electron chi connectivity index (χ4n) is 2.83. The van der Waals surface area contributed by atoms with Crippen LogP contribution >= 0.6 is 11.8 Å². The van der Waals surface area contributed by atoms with Crippen LogP contribution in [-0.4, -0.2) is 33.5 Å². The second-order valence-electron chi connectivity index (χ2n) is 7.10. The third-order valence-corrected chi connectivity index (χ3v) is 5.66. The van der Waals surface area contributed by atoms with Crippen LogP contribution in [0.25, 0.3) is 0 Å². The number of hydrogen-bond donors (Lipinski definition) is 1. The van der Waals surface area contributed by atoms with E-state index in [2.05, 4.69) is 29.4 Å². The molecule has 0 atom stereocenters. The van der Waals surface area contributed by atoms with Crippen LogP contribution in [0.1, 0.15) is 36.7 Å². The Hall–Kier alpha value is -2.80. The predicted molar refractivity (Wildman–Crippen MR) is 117 cm³/mol. The molecule has 29 heavy (non-hydrogen) atoms. The summed E-state index contributed by atoms with van der Waals surface area (Å²) in [6.45, 7) is 4.29. The van der Waals surface area contributed by atoms with Crippen LogP contribution in [0.2, 0.25) is 0 Å². The molecule has 6 nitrogen and oxygen atoms in total. The Kier molecular flexibility index (Phi) is 6.93. The largest absolute Gasteiger partial charge is 0.497 e. The summed E-state index contributed by atoms with van der Waals surface area (Å²) in [6.07, 6.45) is 0.669. The Bertz CT molecular complexity index is 950. The van der Waals surface area contributed by atoms with Gasteiger partial charge in [0.25, 0.3) is 0 Å². The van der Waals surface area contributed by atoms with Crippen molar-refractivity contribution in [3.63, 3.8) is 0 Å². The Morgan fingerprint density at radius 2 is 1.79 bits per heavy atom. The van der Waals surface area contributed by atoms with Gasteiger partial charge in [0.1, 0.15) is 11.6 Å². The highest BCUT2D eigenvalue weighted by Gasteiger charge is 2.12. The molecule has 3 rings (SSSR count). The van der Waals surface area contributed by atoms with Crippen LogP contribution < -0.4 is 10.1 Å². The first-order chi connectivity index (χ1) is 14.0. The Morgan fingerprint density at radius 3 is 2.41 bits per heavy atom. The molecule has 0 fully saturated rings. The number of anilines is 1. The van der Waals surface area contributed by atoms with Gasteiger partial charge in [-0.25, -0.2) is 0 Å². The van der Waals surface area contributed by atoms with E-state index >= 15 is 0 Å². The molecule has 0 aliphatic heterocycles. The minimum Gasteiger partial charge on any atom is -0.497 e. The lowest BCUT2D eigenvalue weighted by Crippen LogP contribution is -2.14. The van der Waals surface area contributed by atoms with Gasteiger partial charge < -0.3 is 14.6 Å². The molecule has 0 unspecified atom stereocenters. The lowest BCUT2D eigenvalue weighted by Gasteiger charge is -2.08. The van der Waals surface area contributed by atoms with Crippen molar-refractivity contribution in [1.29, 1.82) is 0 Å². The number of benzene rings is 2. The van der Waals surface area contributed by atoms with Gasteiger partial charge in [-0.1, -0.05) is 49.9 Å². The molecule has 0 aliphatic rings. The predicted octanol–water partition coefficient (Wildman–Crippen LogP) is 4.27. The highest BCUT2D eigenvalue weighted by Crippen LogP contribution is 2.20.